The van der Waals surface area contributed by atoms with Crippen molar-refractivity contribution >= 4 is 35.0 Å². The van der Waals surface area contributed by atoms with Crippen LogP contribution in [0, 0.1) is 0 Å². The highest BCUT2D eigenvalue weighted by atomic mass is 35.5. The fourth-order valence-corrected chi connectivity index (χ4v) is 4.19. The molecular weight excluding hydrogens is 425 g/mol. The molecule has 1 heterocycles. The van der Waals surface area contributed by atoms with Gasteiger partial charge in [-0.3, -0.25) is 4.57 Å². The van der Waals surface area contributed by atoms with Crippen LogP contribution in [0.5, 0.6) is 5.75 Å². The van der Waals surface area contributed by atoms with Crippen LogP contribution in [0.25, 0.3) is 17.1 Å². The Hall–Kier alpha value is -2.47. The number of nitrogens with zero attached hydrogens (tertiary/aromatic N) is 3. The largest absolute Gasteiger partial charge is 0.495 e. The van der Waals surface area contributed by atoms with E-state index in [-0.39, 0.29) is 0 Å². The van der Waals surface area contributed by atoms with Crippen molar-refractivity contribution in [3.63, 3.8) is 0 Å². The Kier molecular flexibility index (Phi) is 6.09. The normalized spacial score (nSPS) is 10.9. The summed E-state index contributed by atoms with van der Waals surface area (Å²) < 4.78 is 7.57. The summed E-state index contributed by atoms with van der Waals surface area (Å²) in [4.78, 5) is 0. The van der Waals surface area contributed by atoms with E-state index in [1.165, 1.54) is 0 Å². The predicted molar refractivity (Wildman–Crippen MR) is 119 cm³/mol. The van der Waals surface area contributed by atoms with Crippen LogP contribution in [0.1, 0.15) is 5.56 Å². The highest BCUT2D eigenvalue weighted by molar-refractivity contribution is 7.98. The minimum atomic E-state index is 0.616. The number of aromatic nitrogens is 3. The SMILES string of the molecule is COc1ccccc1-n1c(SCc2ccc(Cl)cc2)nnc1-c1ccccc1Cl. The molecule has 0 saturated carbocycles. The van der Waals surface area contributed by atoms with Crippen LogP contribution in [0.2, 0.25) is 10.0 Å². The highest BCUT2D eigenvalue weighted by Gasteiger charge is 2.20. The molecule has 0 aliphatic rings. The standard InChI is InChI=1S/C22H17Cl2N3OS/c1-28-20-9-5-4-8-19(20)27-21(17-6-2-3-7-18(17)24)25-26-22(27)29-14-15-10-12-16(23)13-11-15/h2-13H,14H2,1H3. The van der Waals surface area contributed by atoms with Crippen molar-refractivity contribution in [3.8, 4) is 22.8 Å². The first-order valence-corrected chi connectivity index (χ1v) is 10.6. The molecular formula is C22H17Cl2N3OS. The van der Waals surface area contributed by atoms with Crippen LogP contribution in [-0.2, 0) is 5.75 Å². The van der Waals surface area contributed by atoms with Gasteiger partial charge in [-0.05, 0) is 42.0 Å². The molecule has 146 valence electrons. The van der Waals surface area contributed by atoms with Gasteiger partial charge in [0.15, 0.2) is 11.0 Å². The fourth-order valence-electron chi connectivity index (χ4n) is 2.94. The van der Waals surface area contributed by atoms with Gasteiger partial charge in [-0.1, -0.05) is 71.4 Å². The lowest BCUT2D eigenvalue weighted by Crippen LogP contribution is -2.02. The van der Waals surface area contributed by atoms with Crippen molar-refractivity contribution in [1.82, 2.24) is 14.8 Å². The molecule has 0 N–H and O–H groups in total. The summed E-state index contributed by atoms with van der Waals surface area (Å²) in [6.45, 7) is 0. The molecule has 29 heavy (non-hydrogen) atoms. The monoisotopic (exact) mass is 441 g/mol. The number of thioether (sulfide) groups is 1. The molecule has 0 spiro atoms. The zero-order valence-electron chi connectivity index (χ0n) is 15.5. The zero-order valence-corrected chi connectivity index (χ0v) is 17.9. The smallest absolute Gasteiger partial charge is 0.196 e. The molecule has 7 heteroatoms. The molecule has 0 saturated heterocycles. The molecule has 0 atom stereocenters. The Morgan fingerprint density at radius 2 is 1.62 bits per heavy atom. The zero-order chi connectivity index (χ0) is 20.2. The van der Waals surface area contributed by atoms with Gasteiger partial charge in [0.2, 0.25) is 0 Å². The minimum Gasteiger partial charge on any atom is -0.495 e. The quantitative estimate of drug-likeness (QED) is 0.318. The van der Waals surface area contributed by atoms with Gasteiger partial charge in [-0.2, -0.15) is 0 Å². The molecule has 0 aliphatic heterocycles. The molecule has 0 radical (unpaired) electrons. The van der Waals surface area contributed by atoms with E-state index in [1.54, 1.807) is 18.9 Å². The Bertz CT molecular complexity index is 1130. The Labute approximate surface area is 183 Å². The van der Waals surface area contributed by atoms with Crippen molar-refractivity contribution in [3.05, 3.63) is 88.4 Å². The van der Waals surface area contributed by atoms with Crippen LogP contribution in [0.15, 0.2) is 78.0 Å². The Balaban J connectivity index is 1.79. The summed E-state index contributed by atoms with van der Waals surface area (Å²) in [6, 6.07) is 23.2. The van der Waals surface area contributed by atoms with Gasteiger partial charge >= 0.3 is 0 Å². The van der Waals surface area contributed by atoms with Crippen molar-refractivity contribution < 1.29 is 4.74 Å². The average molecular weight is 442 g/mol. The summed E-state index contributed by atoms with van der Waals surface area (Å²) in [6.07, 6.45) is 0. The first kappa shape index (κ1) is 19.8. The molecule has 4 nitrogen and oxygen atoms in total. The first-order chi connectivity index (χ1) is 14.2. The number of hydrogen-bond donors (Lipinski definition) is 0. The van der Waals surface area contributed by atoms with Crippen molar-refractivity contribution in [1.29, 1.82) is 0 Å². The van der Waals surface area contributed by atoms with E-state index in [1.807, 2.05) is 77.4 Å². The molecule has 0 bridgehead atoms. The topological polar surface area (TPSA) is 39.9 Å². The van der Waals surface area contributed by atoms with Gasteiger partial charge in [0.25, 0.3) is 0 Å². The van der Waals surface area contributed by atoms with E-state index < -0.39 is 0 Å². The molecule has 3 aromatic carbocycles. The minimum absolute atomic E-state index is 0.616. The summed E-state index contributed by atoms with van der Waals surface area (Å²) in [7, 11) is 1.65. The number of ether oxygens (including phenoxy) is 1. The van der Waals surface area contributed by atoms with Gasteiger partial charge < -0.3 is 4.74 Å². The molecule has 0 aliphatic carbocycles. The van der Waals surface area contributed by atoms with Gasteiger partial charge in [0.05, 0.1) is 17.8 Å². The van der Waals surface area contributed by atoms with E-state index in [4.69, 9.17) is 27.9 Å². The summed E-state index contributed by atoms with van der Waals surface area (Å²) in [5, 5.41) is 11.0. The molecule has 4 rings (SSSR count). The summed E-state index contributed by atoms with van der Waals surface area (Å²) in [5.41, 5.74) is 2.81. The van der Waals surface area contributed by atoms with E-state index in [2.05, 4.69) is 10.2 Å². The van der Waals surface area contributed by atoms with Crippen LogP contribution >= 0.6 is 35.0 Å². The Morgan fingerprint density at radius 3 is 2.38 bits per heavy atom. The highest BCUT2D eigenvalue weighted by Crippen LogP contribution is 2.35. The molecule has 0 unspecified atom stereocenters. The second kappa shape index (κ2) is 8.91. The van der Waals surface area contributed by atoms with Gasteiger partial charge in [0, 0.05) is 16.3 Å². The van der Waals surface area contributed by atoms with E-state index in [9.17, 15) is 0 Å². The maximum atomic E-state index is 6.46. The fraction of sp³-hybridized carbons (Fsp3) is 0.0909. The maximum Gasteiger partial charge on any atom is 0.196 e. The number of hydrogen-bond acceptors (Lipinski definition) is 4. The maximum absolute atomic E-state index is 6.46. The number of rotatable bonds is 6. The third kappa shape index (κ3) is 4.27. The lowest BCUT2D eigenvalue weighted by molar-refractivity contribution is 0.412. The first-order valence-electron chi connectivity index (χ1n) is 8.88. The van der Waals surface area contributed by atoms with Crippen LogP contribution in [0.4, 0.5) is 0 Å². The number of methoxy groups -OCH3 is 1. The molecule has 0 fully saturated rings. The van der Waals surface area contributed by atoms with Crippen molar-refractivity contribution in [2.24, 2.45) is 0 Å². The lowest BCUT2D eigenvalue weighted by atomic mass is 10.2. The third-order valence-corrected chi connectivity index (χ3v) is 5.94. The van der Waals surface area contributed by atoms with E-state index in [0.717, 1.165) is 38.5 Å². The van der Waals surface area contributed by atoms with Crippen LogP contribution in [-0.4, -0.2) is 21.9 Å². The van der Waals surface area contributed by atoms with E-state index >= 15 is 0 Å². The van der Waals surface area contributed by atoms with Gasteiger partial charge in [-0.15, -0.1) is 10.2 Å². The second-order valence-electron chi connectivity index (χ2n) is 6.21. The van der Waals surface area contributed by atoms with Gasteiger partial charge in [-0.25, -0.2) is 0 Å². The Morgan fingerprint density at radius 1 is 0.897 bits per heavy atom. The summed E-state index contributed by atoms with van der Waals surface area (Å²) in [5.74, 6) is 2.13. The predicted octanol–water partition coefficient (Wildman–Crippen LogP) is 6.54. The lowest BCUT2D eigenvalue weighted by Gasteiger charge is -2.14. The third-order valence-electron chi connectivity index (χ3n) is 4.36. The molecule has 4 aromatic rings. The van der Waals surface area contributed by atoms with Crippen LogP contribution in [0.3, 0.4) is 0 Å². The molecule has 0 amide bonds. The number of para-hydroxylation sites is 2. The van der Waals surface area contributed by atoms with Crippen LogP contribution < -0.4 is 4.74 Å². The molecule has 1 aromatic heterocycles. The van der Waals surface area contributed by atoms with Crippen molar-refractivity contribution in [2.45, 2.75) is 10.9 Å². The van der Waals surface area contributed by atoms with Gasteiger partial charge in [0.1, 0.15) is 5.75 Å². The number of benzene rings is 3. The second-order valence-corrected chi connectivity index (χ2v) is 7.99. The van der Waals surface area contributed by atoms with E-state index in [0.29, 0.717) is 10.8 Å². The average Bonchev–Trinajstić information content (AvgIpc) is 3.17. The number of halogens is 2. The summed E-state index contributed by atoms with van der Waals surface area (Å²) >= 11 is 14.0. The van der Waals surface area contributed by atoms with Crippen molar-refractivity contribution in [2.75, 3.05) is 7.11 Å².